The highest BCUT2D eigenvalue weighted by molar-refractivity contribution is 6.28. The first-order valence-corrected chi connectivity index (χ1v) is 6.79. The summed E-state index contributed by atoms with van der Waals surface area (Å²) in [5.74, 6) is -1.45. The molecule has 0 unspecified atom stereocenters. The predicted molar refractivity (Wildman–Crippen MR) is 82.4 cm³/mol. The number of phenolic OH excluding ortho intramolecular Hbond substituents is 4. The minimum atomic E-state index is -0.402. The summed E-state index contributed by atoms with van der Waals surface area (Å²) in [5.41, 5.74) is 0.297. The lowest BCUT2D eigenvalue weighted by molar-refractivity contribution is 0.404. The van der Waals surface area contributed by atoms with Gasteiger partial charge in [-0.05, 0) is 35.9 Å². The van der Waals surface area contributed by atoms with E-state index in [0.717, 1.165) is 0 Å². The van der Waals surface area contributed by atoms with Gasteiger partial charge in [-0.1, -0.05) is 12.1 Å². The van der Waals surface area contributed by atoms with Crippen molar-refractivity contribution in [2.45, 2.75) is 0 Å². The van der Waals surface area contributed by atoms with Crippen molar-refractivity contribution in [3.63, 3.8) is 0 Å². The van der Waals surface area contributed by atoms with Crippen molar-refractivity contribution in [1.29, 1.82) is 0 Å². The summed E-state index contributed by atoms with van der Waals surface area (Å²) < 4.78 is 0. The lowest BCUT2D eigenvalue weighted by Crippen LogP contribution is -1.97. The molecular weight excluding hydrogens is 322 g/mol. The largest absolute Gasteiger partial charge is 0.504 e. The fourth-order valence-electron chi connectivity index (χ4n) is 2.01. The van der Waals surface area contributed by atoms with Gasteiger partial charge in [-0.15, -0.1) is 0 Å². The Labute approximate surface area is 135 Å². The number of nitrogens with zero attached hydrogens (tertiary/aromatic N) is 3. The molecule has 0 saturated carbocycles. The Kier molecular flexibility index (Phi) is 3.63. The Bertz CT molecular complexity index is 832. The average molecular weight is 332 g/mol. The van der Waals surface area contributed by atoms with E-state index in [1.807, 2.05) is 0 Å². The van der Waals surface area contributed by atoms with Crippen LogP contribution in [0.5, 0.6) is 23.0 Å². The molecule has 0 fully saturated rings. The van der Waals surface area contributed by atoms with Crippen molar-refractivity contribution in [1.82, 2.24) is 15.0 Å². The quantitative estimate of drug-likeness (QED) is 0.533. The van der Waals surface area contributed by atoms with Crippen LogP contribution in [0.3, 0.4) is 0 Å². The summed E-state index contributed by atoms with van der Waals surface area (Å²) >= 11 is 5.88. The zero-order valence-corrected chi connectivity index (χ0v) is 12.2. The molecule has 0 radical (unpaired) electrons. The fraction of sp³-hybridized carbons (Fsp3) is 0. The minimum Gasteiger partial charge on any atom is -0.504 e. The Morgan fingerprint density at radius 2 is 1.09 bits per heavy atom. The lowest BCUT2D eigenvalue weighted by atomic mass is 10.1. The number of phenols is 4. The van der Waals surface area contributed by atoms with Crippen LogP contribution in [0.4, 0.5) is 0 Å². The van der Waals surface area contributed by atoms with Gasteiger partial charge >= 0.3 is 0 Å². The molecule has 23 heavy (non-hydrogen) atoms. The zero-order chi connectivity index (χ0) is 16.6. The van der Waals surface area contributed by atoms with Crippen molar-refractivity contribution in [3.8, 4) is 45.8 Å². The smallest absolute Gasteiger partial charge is 0.226 e. The van der Waals surface area contributed by atoms with E-state index in [4.69, 9.17) is 11.6 Å². The average Bonchev–Trinajstić information content (AvgIpc) is 2.52. The molecule has 116 valence electrons. The van der Waals surface area contributed by atoms with E-state index in [0.29, 0.717) is 0 Å². The fourth-order valence-corrected chi connectivity index (χ4v) is 2.17. The lowest BCUT2D eigenvalue weighted by Gasteiger charge is -2.08. The van der Waals surface area contributed by atoms with E-state index >= 15 is 0 Å². The standard InChI is InChI=1S/C15H10ClN3O4/c16-15-18-13(7-3-1-5-9(20)11(7)22)17-14(19-15)8-4-2-6-10(21)12(8)23/h1-6,20-23H. The van der Waals surface area contributed by atoms with Crippen molar-refractivity contribution >= 4 is 11.6 Å². The minimum absolute atomic E-state index is 0.0103. The van der Waals surface area contributed by atoms with Gasteiger partial charge in [0.2, 0.25) is 5.28 Å². The monoisotopic (exact) mass is 331 g/mol. The number of benzene rings is 2. The third kappa shape index (κ3) is 2.69. The van der Waals surface area contributed by atoms with Gasteiger partial charge in [0.05, 0.1) is 11.1 Å². The van der Waals surface area contributed by atoms with Crippen LogP contribution in [0.15, 0.2) is 36.4 Å². The molecule has 1 heterocycles. The summed E-state index contributed by atoms with van der Waals surface area (Å²) in [6, 6.07) is 8.62. The van der Waals surface area contributed by atoms with Gasteiger partial charge in [0.1, 0.15) is 0 Å². The molecule has 3 aromatic rings. The molecular formula is C15H10ClN3O4. The first-order valence-electron chi connectivity index (χ1n) is 6.41. The third-order valence-electron chi connectivity index (χ3n) is 3.12. The summed E-state index contributed by atoms with van der Waals surface area (Å²) in [7, 11) is 0. The molecule has 4 N–H and O–H groups in total. The van der Waals surface area contributed by atoms with Gasteiger partial charge in [-0.2, -0.15) is 9.97 Å². The van der Waals surface area contributed by atoms with Gasteiger partial charge in [0, 0.05) is 0 Å². The molecule has 7 nitrogen and oxygen atoms in total. The summed E-state index contributed by atoms with van der Waals surface area (Å²) in [5, 5.41) is 38.8. The number of hydrogen-bond donors (Lipinski definition) is 4. The van der Waals surface area contributed by atoms with E-state index < -0.39 is 11.5 Å². The van der Waals surface area contributed by atoms with Crippen LogP contribution in [-0.2, 0) is 0 Å². The molecule has 0 spiro atoms. The SMILES string of the molecule is Oc1cccc(-c2nc(Cl)nc(-c3cccc(O)c3O)n2)c1O. The Hall–Kier alpha value is -3.06. The van der Waals surface area contributed by atoms with E-state index in [1.165, 1.54) is 36.4 Å². The van der Waals surface area contributed by atoms with Crippen LogP contribution in [0.2, 0.25) is 5.28 Å². The molecule has 1 aromatic heterocycles. The van der Waals surface area contributed by atoms with Gasteiger partial charge in [0.15, 0.2) is 34.6 Å². The Balaban J connectivity index is 2.21. The van der Waals surface area contributed by atoms with E-state index in [9.17, 15) is 20.4 Å². The molecule has 0 saturated heterocycles. The number of halogens is 1. The molecule has 0 bridgehead atoms. The number of aromatic nitrogens is 3. The van der Waals surface area contributed by atoms with Crippen molar-refractivity contribution in [3.05, 3.63) is 41.7 Å². The van der Waals surface area contributed by atoms with Crippen LogP contribution in [0, 0.1) is 0 Å². The maximum absolute atomic E-state index is 9.92. The van der Waals surface area contributed by atoms with Gasteiger partial charge in [-0.25, -0.2) is 4.98 Å². The Morgan fingerprint density at radius 3 is 1.52 bits per heavy atom. The third-order valence-corrected chi connectivity index (χ3v) is 3.29. The van der Waals surface area contributed by atoms with E-state index in [-0.39, 0.29) is 39.6 Å². The topological polar surface area (TPSA) is 120 Å². The summed E-state index contributed by atoms with van der Waals surface area (Å²) in [6.07, 6.45) is 0. The number of para-hydroxylation sites is 2. The van der Waals surface area contributed by atoms with Crippen molar-refractivity contribution in [2.24, 2.45) is 0 Å². The normalized spacial score (nSPS) is 10.7. The highest BCUT2D eigenvalue weighted by Gasteiger charge is 2.17. The van der Waals surface area contributed by atoms with Crippen LogP contribution in [-0.4, -0.2) is 35.4 Å². The zero-order valence-electron chi connectivity index (χ0n) is 11.5. The number of aromatic hydroxyl groups is 4. The first kappa shape index (κ1) is 14.9. The molecule has 0 atom stereocenters. The highest BCUT2D eigenvalue weighted by atomic mass is 35.5. The second-order valence-electron chi connectivity index (χ2n) is 4.60. The molecule has 0 amide bonds. The summed E-state index contributed by atoms with van der Waals surface area (Å²) in [4.78, 5) is 12.0. The molecule has 0 aliphatic carbocycles. The highest BCUT2D eigenvalue weighted by Crippen LogP contribution is 2.37. The van der Waals surface area contributed by atoms with E-state index in [1.54, 1.807) is 0 Å². The van der Waals surface area contributed by atoms with Crippen LogP contribution in [0.25, 0.3) is 22.8 Å². The maximum Gasteiger partial charge on any atom is 0.226 e. The Morgan fingerprint density at radius 1 is 0.652 bits per heavy atom. The summed E-state index contributed by atoms with van der Waals surface area (Å²) in [6.45, 7) is 0. The molecule has 2 aromatic carbocycles. The first-order chi connectivity index (χ1) is 11.0. The van der Waals surface area contributed by atoms with Crippen LogP contribution < -0.4 is 0 Å². The van der Waals surface area contributed by atoms with Gasteiger partial charge in [-0.3, -0.25) is 0 Å². The molecule has 8 heteroatoms. The van der Waals surface area contributed by atoms with Crippen LogP contribution in [0.1, 0.15) is 0 Å². The molecule has 3 rings (SSSR count). The van der Waals surface area contributed by atoms with E-state index in [2.05, 4.69) is 15.0 Å². The van der Waals surface area contributed by atoms with Crippen molar-refractivity contribution in [2.75, 3.05) is 0 Å². The second kappa shape index (κ2) is 5.62. The van der Waals surface area contributed by atoms with Crippen LogP contribution >= 0.6 is 11.6 Å². The molecule has 0 aliphatic heterocycles. The van der Waals surface area contributed by atoms with Gasteiger partial charge in [0.25, 0.3) is 0 Å². The predicted octanol–water partition coefficient (Wildman–Crippen LogP) is 2.68. The van der Waals surface area contributed by atoms with Gasteiger partial charge < -0.3 is 20.4 Å². The second-order valence-corrected chi connectivity index (χ2v) is 4.94. The molecule has 0 aliphatic rings. The maximum atomic E-state index is 9.92. The number of rotatable bonds is 2. The van der Waals surface area contributed by atoms with Crippen molar-refractivity contribution < 1.29 is 20.4 Å². The number of hydrogen-bond acceptors (Lipinski definition) is 7.